The fourth-order valence-corrected chi connectivity index (χ4v) is 7.21. The van der Waals surface area contributed by atoms with Gasteiger partial charge in [-0.05, 0) is 62.6 Å². The normalized spacial score (nSPS) is 25.4. The molecule has 3 saturated heterocycles. The van der Waals surface area contributed by atoms with Crippen LogP contribution in [0.25, 0.3) is 0 Å². The van der Waals surface area contributed by atoms with E-state index >= 15 is 0 Å². The van der Waals surface area contributed by atoms with Crippen molar-refractivity contribution in [2.75, 3.05) is 42.6 Å². The Labute approximate surface area is 257 Å². The largest absolute Gasteiger partial charge is 0.494 e. The molecule has 2 aromatic rings. The molecule has 0 saturated carbocycles. The van der Waals surface area contributed by atoms with Gasteiger partial charge in [0, 0.05) is 31.9 Å². The third-order valence-electron chi connectivity index (χ3n) is 8.63. The minimum atomic E-state index is -1.19. The van der Waals surface area contributed by atoms with Crippen LogP contribution in [0.5, 0.6) is 5.75 Å². The molecule has 2 bridgehead atoms. The van der Waals surface area contributed by atoms with Crippen LogP contribution in [0, 0.1) is 11.8 Å². The second kappa shape index (κ2) is 12.9. The van der Waals surface area contributed by atoms with Gasteiger partial charge >= 0.3 is 0 Å². The molecule has 1 N–H and O–H groups in total. The summed E-state index contributed by atoms with van der Waals surface area (Å²) < 4.78 is 12.2. The number of para-hydroxylation sites is 1. The van der Waals surface area contributed by atoms with Gasteiger partial charge in [0.2, 0.25) is 11.8 Å². The lowest BCUT2D eigenvalue weighted by atomic mass is 9.70. The van der Waals surface area contributed by atoms with Crippen molar-refractivity contribution >= 4 is 40.7 Å². The van der Waals surface area contributed by atoms with E-state index < -0.39 is 29.6 Å². The Balaban J connectivity index is 1.53. The predicted molar refractivity (Wildman–Crippen MR) is 165 cm³/mol. The molecule has 1 spiro atoms. The topological polar surface area (TPSA) is 99.6 Å². The summed E-state index contributed by atoms with van der Waals surface area (Å²) in [5.41, 5.74) is -0.0406. The molecule has 3 aliphatic rings. The van der Waals surface area contributed by atoms with Crippen LogP contribution in [0.1, 0.15) is 26.2 Å². The summed E-state index contributed by atoms with van der Waals surface area (Å²) in [6.45, 7) is 10.5. The molecule has 3 aliphatic heterocycles. The van der Waals surface area contributed by atoms with E-state index in [0.717, 1.165) is 0 Å². The molecule has 5 atom stereocenters. The van der Waals surface area contributed by atoms with Crippen LogP contribution in [0.4, 0.5) is 11.4 Å². The minimum Gasteiger partial charge on any atom is -0.494 e. The highest BCUT2D eigenvalue weighted by atomic mass is 35.5. The molecule has 10 heteroatoms. The molecule has 228 valence electrons. The number of halogens is 1. The highest BCUT2D eigenvalue weighted by Crippen LogP contribution is 2.59. The number of carbonyl (C=O) groups is 3. The molecule has 0 aliphatic carbocycles. The third kappa shape index (κ3) is 5.34. The van der Waals surface area contributed by atoms with Crippen molar-refractivity contribution in [1.29, 1.82) is 0 Å². The molecule has 2 unspecified atom stereocenters. The Morgan fingerprint density at radius 3 is 2.47 bits per heavy atom. The zero-order valence-corrected chi connectivity index (χ0v) is 25.1. The van der Waals surface area contributed by atoms with E-state index in [1.165, 1.54) is 9.80 Å². The maximum Gasteiger partial charge on any atom is 0.253 e. The lowest BCUT2D eigenvalue weighted by molar-refractivity contribution is -0.141. The van der Waals surface area contributed by atoms with Crippen LogP contribution >= 0.6 is 11.6 Å². The van der Waals surface area contributed by atoms with Crippen LogP contribution in [0.15, 0.2) is 73.8 Å². The number of aliphatic hydroxyl groups is 1. The minimum absolute atomic E-state index is 0.151. The first-order valence-electron chi connectivity index (χ1n) is 14.7. The van der Waals surface area contributed by atoms with E-state index in [2.05, 4.69) is 13.2 Å². The number of hydrogen-bond acceptors (Lipinski definition) is 6. The zero-order valence-electron chi connectivity index (χ0n) is 24.4. The molecule has 0 radical (unpaired) electrons. The van der Waals surface area contributed by atoms with Crippen LogP contribution < -0.4 is 14.5 Å². The summed E-state index contributed by atoms with van der Waals surface area (Å²) in [4.78, 5) is 47.8. The SMILES string of the molecule is C=CCN(C(=O)[C@@H]1[C@@H]2CCC3(O2)C(C(=O)N(CC=C)c2ccccc2Cl)N(CCCO)C(=O)[C@H]13)c1ccc(OCC)cc1. The average molecular weight is 608 g/mol. The van der Waals surface area contributed by atoms with Gasteiger partial charge in [0.15, 0.2) is 0 Å². The van der Waals surface area contributed by atoms with Crippen molar-refractivity contribution in [1.82, 2.24) is 4.90 Å². The summed E-state index contributed by atoms with van der Waals surface area (Å²) in [7, 11) is 0. The third-order valence-corrected chi connectivity index (χ3v) is 8.95. The van der Waals surface area contributed by atoms with E-state index in [1.807, 2.05) is 19.1 Å². The van der Waals surface area contributed by atoms with Crippen molar-refractivity contribution in [2.45, 2.75) is 43.9 Å². The molecule has 43 heavy (non-hydrogen) atoms. The Hall–Kier alpha value is -3.66. The van der Waals surface area contributed by atoms with Gasteiger partial charge in [-0.25, -0.2) is 0 Å². The maximum atomic E-state index is 14.5. The summed E-state index contributed by atoms with van der Waals surface area (Å²) in [5.74, 6) is -1.86. The zero-order chi connectivity index (χ0) is 30.7. The van der Waals surface area contributed by atoms with E-state index in [0.29, 0.717) is 41.6 Å². The monoisotopic (exact) mass is 607 g/mol. The quantitative estimate of drug-likeness (QED) is 0.342. The number of ether oxygens (including phenoxy) is 2. The summed E-state index contributed by atoms with van der Waals surface area (Å²) in [6.07, 6.45) is 4.01. The van der Waals surface area contributed by atoms with Crippen molar-refractivity contribution in [3.8, 4) is 5.75 Å². The van der Waals surface area contributed by atoms with Crippen molar-refractivity contribution in [3.63, 3.8) is 0 Å². The van der Waals surface area contributed by atoms with E-state index in [4.69, 9.17) is 21.1 Å². The molecule has 9 nitrogen and oxygen atoms in total. The summed E-state index contributed by atoms with van der Waals surface area (Å²) in [5, 5.41) is 10.0. The van der Waals surface area contributed by atoms with Gasteiger partial charge in [-0.15, -0.1) is 13.2 Å². The summed E-state index contributed by atoms with van der Waals surface area (Å²) in [6, 6.07) is 13.2. The molecule has 3 fully saturated rings. The molecule has 3 heterocycles. The van der Waals surface area contributed by atoms with Gasteiger partial charge in [-0.3, -0.25) is 14.4 Å². The fourth-order valence-electron chi connectivity index (χ4n) is 6.97. The second-order valence-corrected chi connectivity index (χ2v) is 11.4. The van der Waals surface area contributed by atoms with Gasteiger partial charge in [-0.1, -0.05) is 35.9 Å². The number of amides is 3. The molecule has 5 rings (SSSR count). The lowest BCUT2D eigenvalue weighted by Gasteiger charge is -2.37. The smallest absolute Gasteiger partial charge is 0.253 e. The highest BCUT2D eigenvalue weighted by Gasteiger charge is 2.75. The standard InChI is InChI=1S/C33H38ClN3O6/c1-4-18-35(22-12-14-23(15-13-22)42-6-3)30(39)27-26-16-17-33(43-26)28(27)31(40)37(20-9-21-38)29(33)32(41)36(19-5-2)25-11-8-7-10-24(25)34/h4-5,7-8,10-15,26-29,38H,1-2,6,9,16-21H2,3H3/t26-,27+,28-,29?,33?/m0/s1. The Kier molecular flexibility index (Phi) is 9.25. The first-order valence-corrected chi connectivity index (χ1v) is 15.1. The van der Waals surface area contributed by atoms with Crippen molar-refractivity contribution < 1.29 is 29.0 Å². The molecule has 2 aromatic carbocycles. The van der Waals surface area contributed by atoms with Gasteiger partial charge < -0.3 is 29.3 Å². The average Bonchev–Trinajstić information content (AvgIpc) is 3.65. The molecule has 0 aromatic heterocycles. The number of hydrogen-bond donors (Lipinski definition) is 1. The Morgan fingerprint density at radius 2 is 1.81 bits per heavy atom. The molecular formula is C33H38ClN3O6. The van der Waals surface area contributed by atoms with Crippen LogP contribution in [0.2, 0.25) is 5.02 Å². The first-order chi connectivity index (χ1) is 20.8. The number of likely N-dealkylation sites (tertiary alicyclic amines) is 1. The molecule has 3 amide bonds. The summed E-state index contributed by atoms with van der Waals surface area (Å²) >= 11 is 6.52. The highest BCUT2D eigenvalue weighted by molar-refractivity contribution is 6.34. The first kappa shape index (κ1) is 30.8. The number of rotatable bonds is 13. The van der Waals surface area contributed by atoms with Gasteiger partial charge in [0.05, 0.1) is 35.3 Å². The van der Waals surface area contributed by atoms with E-state index in [9.17, 15) is 19.5 Å². The number of carbonyl (C=O) groups excluding carboxylic acids is 3. The Morgan fingerprint density at radius 1 is 1.12 bits per heavy atom. The number of nitrogens with zero attached hydrogens (tertiary/aromatic N) is 3. The Bertz CT molecular complexity index is 1380. The van der Waals surface area contributed by atoms with Crippen molar-refractivity contribution in [3.05, 3.63) is 78.9 Å². The number of aliphatic hydroxyl groups excluding tert-OH is 1. The number of anilines is 2. The number of fused-ring (bicyclic) bond motifs is 1. The van der Waals surface area contributed by atoms with Crippen LogP contribution in [-0.4, -0.2) is 78.3 Å². The second-order valence-electron chi connectivity index (χ2n) is 11.0. The number of benzene rings is 2. The van der Waals surface area contributed by atoms with Crippen LogP contribution in [-0.2, 0) is 19.1 Å². The predicted octanol–water partition coefficient (Wildman–Crippen LogP) is 4.23. The van der Waals surface area contributed by atoms with Gasteiger partial charge in [0.25, 0.3) is 5.91 Å². The van der Waals surface area contributed by atoms with Crippen LogP contribution in [0.3, 0.4) is 0 Å². The fraction of sp³-hybridized carbons (Fsp3) is 0.424. The molecular weight excluding hydrogens is 570 g/mol. The maximum absolute atomic E-state index is 14.5. The van der Waals surface area contributed by atoms with E-state index in [-0.39, 0.29) is 50.4 Å². The van der Waals surface area contributed by atoms with E-state index in [1.54, 1.807) is 53.5 Å². The van der Waals surface area contributed by atoms with Crippen molar-refractivity contribution in [2.24, 2.45) is 11.8 Å². The van der Waals surface area contributed by atoms with Gasteiger partial charge in [0.1, 0.15) is 17.4 Å². The lowest BCUT2D eigenvalue weighted by Crippen LogP contribution is -2.56. The van der Waals surface area contributed by atoms with Gasteiger partial charge in [-0.2, -0.15) is 0 Å².